The molecule has 0 unspecified atom stereocenters. The van der Waals surface area contributed by atoms with E-state index in [-0.39, 0.29) is 23.8 Å². The minimum Gasteiger partial charge on any atom is -0.294 e. The van der Waals surface area contributed by atoms with Gasteiger partial charge in [-0.2, -0.15) is 4.98 Å². The summed E-state index contributed by atoms with van der Waals surface area (Å²) in [7, 11) is 0. The maximum Gasteiger partial charge on any atom is 0.217 e. The van der Waals surface area contributed by atoms with E-state index in [1.807, 2.05) is 19.1 Å². The highest BCUT2D eigenvalue weighted by Crippen LogP contribution is 2.11. The molecule has 5 nitrogen and oxygen atoms in total. The number of aromatic amines is 1. The quantitative estimate of drug-likeness (QED) is 0.695. The van der Waals surface area contributed by atoms with Crippen molar-refractivity contribution in [1.29, 1.82) is 0 Å². The molecule has 2 rings (SSSR count). The molecule has 0 radical (unpaired) electrons. The highest BCUT2D eigenvalue weighted by Gasteiger charge is 2.17. The highest BCUT2D eigenvalue weighted by molar-refractivity contribution is 9.10. The molecule has 0 saturated carbocycles. The SMILES string of the molecule is Cc1ccccc1C(=O)CC(=O)c1nc(Br)n[nH]1. The maximum atomic E-state index is 12.0. The highest BCUT2D eigenvalue weighted by atomic mass is 79.9. The van der Waals surface area contributed by atoms with Gasteiger partial charge >= 0.3 is 0 Å². The topological polar surface area (TPSA) is 75.7 Å². The lowest BCUT2D eigenvalue weighted by molar-refractivity contribution is 0.0888. The van der Waals surface area contributed by atoms with E-state index in [1.54, 1.807) is 12.1 Å². The summed E-state index contributed by atoms with van der Waals surface area (Å²) in [6.45, 7) is 1.84. The van der Waals surface area contributed by atoms with Crippen molar-refractivity contribution in [1.82, 2.24) is 15.2 Å². The van der Waals surface area contributed by atoms with Crippen LogP contribution < -0.4 is 0 Å². The summed E-state index contributed by atoms with van der Waals surface area (Å²) >= 11 is 3.03. The summed E-state index contributed by atoms with van der Waals surface area (Å²) in [6.07, 6.45) is -0.216. The number of carbonyl (C=O) groups is 2. The Labute approximate surface area is 112 Å². The Balaban J connectivity index is 2.13. The molecule has 1 aromatic carbocycles. The molecule has 6 heteroatoms. The van der Waals surface area contributed by atoms with Crippen molar-refractivity contribution in [2.24, 2.45) is 0 Å². The van der Waals surface area contributed by atoms with Crippen LogP contribution in [0.4, 0.5) is 0 Å². The summed E-state index contributed by atoms with van der Waals surface area (Å²) in [5.74, 6) is -0.504. The van der Waals surface area contributed by atoms with E-state index in [0.29, 0.717) is 10.3 Å². The number of halogens is 1. The van der Waals surface area contributed by atoms with E-state index >= 15 is 0 Å². The zero-order chi connectivity index (χ0) is 13.1. The number of nitrogens with one attached hydrogen (secondary N) is 1. The number of aryl methyl sites for hydroxylation is 1. The fourth-order valence-electron chi connectivity index (χ4n) is 1.58. The van der Waals surface area contributed by atoms with Crippen molar-refractivity contribution >= 4 is 27.5 Å². The average Bonchev–Trinajstić information content (AvgIpc) is 2.76. The van der Waals surface area contributed by atoms with Crippen LogP contribution in [0.2, 0.25) is 0 Å². The monoisotopic (exact) mass is 307 g/mol. The molecule has 18 heavy (non-hydrogen) atoms. The molecular formula is C12H10BrN3O2. The number of hydrogen-bond donors (Lipinski definition) is 1. The molecule has 1 N–H and O–H groups in total. The number of carbonyl (C=O) groups excluding carboxylic acids is 2. The van der Waals surface area contributed by atoms with Crippen molar-refractivity contribution in [2.75, 3.05) is 0 Å². The standard InChI is InChI=1S/C12H10BrN3O2/c1-7-4-2-3-5-8(7)9(17)6-10(18)11-14-12(13)16-15-11/h2-5H,6H2,1H3,(H,14,15,16). The Morgan fingerprint density at radius 2 is 2.00 bits per heavy atom. The Morgan fingerprint density at radius 3 is 2.61 bits per heavy atom. The van der Waals surface area contributed by atoms with Crippen LogP contribution in [0.5, 0.6) is 0 Å². The summed E-state index contributed by atoms with van der Waals surface area (Å²) < 4.78 is 0.300. The number of nitrogens with zero attached hydrogens (tertiary/aromatic N) is 2. The normalized spacial score (nSPS) is 10.3. The lowest BCUT2D eigenvalue weighted by Gasteiger charge is -2.02. The first-order valence-corrected chi connectivity index (χ1v) is 6.07. The largest absolute Gasteiger partial charge is 0.294 e. The van der Waals surface area contributed by atoms with Gasteiger partial charge in [-0.25, -0.2) is 0 Å². The fraction of sp³-hybridized carbons (Fsp3) is 0.167. The van der Waals surface area contributed by atoms with Gasteiger partial charge in [0.1, 0.15) is 0 Å². The molecule has 1 aromatic heterocycles. The molecule has 2 aromatic rings. The van der Waals surface area contributed by atoms with Crippen LogP contribution in [-0.2, 0) is 0 Å². The molecule has 0 spiro atoms. The van der Waals surface area contributed by atoms with Crippen molar-refractivity contribution in [3.8, 4) is 0 Å². The van der Waals surface area contributed by atoms with Crippen LogP contribution in [-0.4, -0.2) is 26.7 Å². The van der Waals surface area contributed by atoms with Crippen molar-refractivity contribution < 1.29 is 9.59 Å². The van der Waals surface area contributed by atoms with Gasteiger partial charge in [-0.05, 0) is 28.4 Å². The summed E-state index contributed by atoms with van der Waals surface area (Å²) in [5.41, 5.74) is 1.42. The lowest BCUT2D eigenvalue weighted by atomic mass is 10.0. The number of ketones is 2. The number of hydrogen-bond acceptors (Lipinski definition) is 4. The van der Waals surface area contributed by atoms with E-state index in [0.717, 1.165) is 5.56 Å². The van der Waals surface area contributed by atoms with E-state index in [9.17, 15) is 9.59 Å². The molecule has 0 atom stereocenters. The van der Waals surface area contributed by atoms with Crippen LogP contribution in [0.3, 0.4) is 0 Å². The Morgan fingerprint density at radius 1 is 1.28 bits per heavy atom. The van der Waals surface area contributed by atoms with Gasteiger partial charge in [0.25, 0.3) is 0 Å². The molecule has 1 heterocycles. The van der Waals surface area contributed by atoms with E-state index in [1.165, 1.54) is 0 Å². The predicted molar refractivity (Wildman–Crippen MR) is 68.5 cm³/mol. The molecule has 0 fully saturated rings. The van der Waals surface area contributed by atoms with E-state index in [4.69, 9.17) is 0 Å². The van der Waals surface area contributed by atoms with E-state index in [2.05, 4.69) is 31.1 Å². The van der Waals surface area contributed by atoms with Gasteiger partial charge in [0.15, 0.2) is 11.6 Å². The molecule has 0 bridgehead atoms. The summed E-state index contributed by atoms with van der Waals surface area (Å²) in [5, 5.41) is 6.15. The third kappa shape index (κ3) is 2.70. The smallest absolute Gasteiger partial charge is 0.217 e. The van der Waals surface area contributed by atoms with E-state index < -0.39 is 0 Å². The third-order valence-corrected chi connectivity index (χ3v) is 2.84. The molecule has 0 saturated heterocycles. The fourth-order valence-corrected chi connectivity index (χ4v) is 1.84. The summed E-state index contributed by atoms with van der Waals surface area (Å²) in [6, 6.07) is 7.17. The van der Waals surface area contributed by atoms with Crippen LogP contribution in [0.1, 0.15) is 33.0 Å². The van der Waals surface area contributed by atoms with Crippen molar-refractivity contribution in [3.05, 3.63) is 46.0 Å². The third-order valence-electron chi connectivity index (χ3n) is 2.49. The molecule has 0 aliphatic carbocycles. The van der Waals surface area contributed by atoms with Gasteiger partial charge in [-0.1, -0.05) is 24.3 Å². The molecule has 0 aliphatic heterocycles. The Bertz CT molecular complexity index is 607. The van der Waals surface area contributed by atoms with Gasteiger partial charge in [0.05, 0.1) is 6.42 Å². The molecule has 92 valence electrons. The molecule has 0 amide bonds. The second-order valence-corrected chi connectivity index (χ2v) is 4.50. The van der Waals surface area contributed by atoms with Crippen molar-refractivity contribution in [3.63, 3.8) is 0 Å². The zero-order valence-electron chi connectivity index (χ0n) is 9.61. The number of rotatable bonds is 4. The molecular weight excluding hydrogens is 298 g/mol. The minimum absolute atomic E-state index is 0.0869. The van der Waals surface area contributed by atoms with Crippen LogP contribution in [0.25, 0.3) is 0 Å². The molecule has 0 aliphatic rings. The summed E-state index contributed by atoms with van der Waals surface area (Å²) in [4.78, 5) is 27.6. The first kappa shape index (κ1) is 12.6. The predicted octanol–water partition coefficient (Wildman–Crippen LogP) is 2.33. The second kappa shape index (κ2) is 5.22. The minimum atomic E-state index is -0.374. The van der Waals surface area contributed by atoms with Crippen LogP contribution in [0, 0.1) is 6.92 Å². The van der Waals surface area contributed by atoms with Gasteiger partial charge in [-0.15, -0.1) is 5.10 Å². The van der Waals surface area contributed by atoms with Gasteiger partial charge in [-0.3, -0.25) is 14.7 Å². The number of benzene rings is 1. The first-order valence-electron chi connectivity index (χ1n) is 5.28. The first-order chi connectivity index (χ1) is 8.58. The van der Waals surface area contributed by atoms with Crippen LogP contribution >= 0.6 is 15.9 Å². The number of H-pyrrole nitrogens is 1. The lowest BCUT2D eigenvalue weighted by Crippen LogP contribution is -2.11. The average molecular weight is 308 g/mol. The Kier molecular flexibility index (Phi) is 3.66. The van der Waals surface area contributed by atoms with Crippen LogP contribution in [0.15, 0.2) is 29.0 Å². The number of Topliss-reactive ketones (excluding diaryl/α,β-unsaturated/α-hetero) is 2. The maximum absolute atomic E-state index is 12.0. The van der Waals surface area contributed by atoms with Gasteiger partial charge in [0, 0.05) is 5.56 Å². The number of aromatic nitrogens is 3. The second-order valence-electron chi connectivity index (χ2n) is 3.79. The van der Waals surface area contributed by atoms with Gasteiger partial charge in [0.2, 0.25) is 10.5 Å². The zero-order valence-corrected chi connectivity index (χ0v) is 11.2. The van der Waals surface area contributed by atoms with Gasteiger partial charge < -0.3 is 0 Å². The Hall–Kier alpha value is -1.82. The van der Waals surface area contributed by atoms with Crippen molar-refractivity contribution in [2.45, 2.75) is 13.3 Å².